The van der Waals surface area contributed by atoms with E-state index in [0.29, 0.717) is 0 Å². The summed E-state index contributed by atoms with van der Waals surface area (Å²) in [6.07, 6.45) is 0. The Labute approximate surface area is 429 Å². The lowest BCUT2D eigenvalue weighted by molar-refractivity contribution is 0.632. The molecule has 0 saturated heterocycles. The molecule has 0 spiro atoms. The van der Waals surface area contributed by atoms with Gasteiger partial charge in [-0.15, -0.1) is 0 Å². The molecule has 0 aromatic heterocycles. The van der Waals surface area contributed by atoms with Gasteiger partial charge in [-0.25, -0.2) is 0 Å². The van der Waals surface area contributed by atoms with Gasteiger partial charge in [0.1, 0.15) is 0 Å². The number of fused-ring (bicyclic) bond motifs is 4. The SMILES string of the molecule is CC1(C)c2ccccc2N2c3cc(-c4ccccc4)cc(-c4ccc(N(c5ccc(-c6ccccc6)cc5)c5ccc(-c6ccccc6)cc5)cc4Nc4ccc(-c5ccccc5)cc4)c3Bc3cccc1c32. The van der Waals surface area contributed by atoms with Crippen molar-refractivity contribution in [1.82, 2.24) is 0 Å². The molecule has 11 aromatic rings. The van der Waals surface area contributed by atoms with Crippen molar-refractivity contribution in [2.24, 2.45) is 0 Å². The first kappa shape index (κ1) is 43.9. The van der Waals surface area contributed by atoms with Crippen LogP contribution in [0.15, 0.2) is 267 Å². The molecule has 11 aromatic carbocycles. The predicted molar refractivity (Wildman–Crippen MR) is 311 cm³/mol. The molecule has 0 saturated carbocycles. The van der Waals surface area contributed by atoms with Crippen LogP contribution in [0.5, 0.6) is 0 Å². The molecular formula is C69H52BN3. The lowest BCUT2D eigenvalue weighted by atomic mass is 9.55. The maximum atomic E-state index is 4.03. The number of nitrogens with zero attached hydrogens (tertiary/aromatic N) is 2. The fourth-order valence-electron chi connectivity index (χ4n) is 11.3. The number of para-hydroxylation sites is 2. The third-order valence-corrected chi connectivity index (χ3v) is 15.1. The van der Waals surface area contributed by atoms with Gasteiger partial charge >= 0.3 is 0 Å². The smallest absolute Gasteiger partial charge is 0.198 e. The van der Waals surface area contributed by atoms with E-state index in [2.05, 4.69) is 296 Å². The van der Waals surface area contributed by atoms with Gasteiger partial charge < -0.3 is 15.1 Å². The second-order valence-corrected chi connectivity index (χ2v) is 19.8. The molecule has 0 fully saturated rings. The molecule has 0 aliphatic carbocycles. The van der Waals surface area contributed by atoms with Crippen LogP contribution in [0.25, 0.3) is 55.6 Å². The number of hydrogen-bond acceptors (Lipinski definition) is 3. The standard InChI is InChI=1S/C69H52BN3/c1-69(2)61-26-15-16-29-65(61)73-66-45-54(50-24-13-6-14-25-50)44-60(67(66)70-63-28-17-27-62(69)68(63)73)59-43-42-58(46-64(59)71-55-36-30-51(31-37-55)47-18-7-3-8-19-47)72(56-38-32-52(33-39-56)48-20-9-4-10-21-48)57-40-34-53(35-41-57)49-22-11-5-12-23-49/h3-46,70-71H,1-2H3. The van der Waals surface area contributed by atoms with Crippen molar-refractivity contribution in [3.8, 4) is 55.6 Å². The molecule has 0 amide bonds. The zero-order valence-electron chi connectivity index (χ0n) is 41.0. The predicted octanol–water partition coefficient (Wildman–Crippen LogP) is 17.0. The van der Waals surface area contributed by atoms with Crippen LogP contribution in [0, 0.1) is 0 Å². The van der Waals surface area contributed by atoms with E-state index in [4.69, 9.17) is 0 Å². The fraction of sp³-hybridized carbons (Fsp3) is 0.0435. The molecule has 2 heterocycles. The molecule has 3 nitrogen and oxygen atoms in total. The van der Waals surface area contributed by atoms with Crippen molar-refractivity contribution in [1.29, 1.82) is 0 Å². The minimum atomic E-state index is -0.158. The quantitative estimate of drug-likeness (QED) is 0.138. The third-order valence-electron chi connectivity index (χ3n) is 15.1. The van der Waals surface area contributed by atoms with Gasteiger partial charge in [0.05, 0.1) is 5.69 Å². The lowest BCUT2D eigenvalue weighted by Crippen LogP contribution is -2.45. The molecule has 2 aliphatic heterocycles. The van der Waals surface area contributed by atoms with Gasteiger partial charge in [0.15, 0.2) is 7.28 Å². The summed E-state index contributed by atoms with van der Waals surface area (Å²) in [4.78, 5) is 4.96. The zero-order chi connectivity index (χ0) is 48.9. The number of anilines is 8. The molecule has 1 N–H and O–H groups in total. The molecule has 346 valence electrons. The van der Waals surface area contributed by atoms with Crippen LogP contribution >= 0.6 is 0 Å². The van der Waals surface area contributed by atoms with Gasteiger partial charge in [0.2, 0.25) is 0 Å². The molecule has 4 heteroatoms. The van der Waals surface area contributed by atoms with Crippen LogP contribution in [0.4, 0.5) is 45.5 Å². The molecule has 2 aliphatic rings. The van der Waals surface area contributed by atoms with E-state index in [1.807, 2.05) is 0 Å². The van der Waals surface area contributed by atoms with Crippen LogP contribution in [0.3, 0.4) is 0 Å². The van der Waals surface area contributed by atoms with E-state index in [1.54, 1.807) is 0 Å². The lowest BCUT2D eigenvalue weighted by Gasteiger charge is -2.46. The Kier molecular flexibility index (Phi) is 11.0. The number of rotatable bonds is 10. The summed E-state index contributed by atoms with van der Waals surface area (Å²) in [7, 11) is 0.804. The van der Waals surface area contributed by atoms with Crippen LogP contribution < -0.4 is 26.0 Å². The first-order chi connectivity index (χ1) is 35.9. The summed E-state index contributed by atoms with van der Waals surface area (Å²) in [6.45, 7) is 4.76. The fourth-order valence-corrected chi connectivity index (χ4v) is 11.3. The maximum Gasteiger partial charge on any atom is 0.198 e. The number of benzene rings is 11. The molecule has 0 radical (unpaired) electrons. The summed E-state index contributed by atoms with van der Waals surface area (Å²) in [5, 5.41) is 4.03. The highest BCUT2D eigenvalue weighted by molar-refractivity contribution is 6.73. The first-order valence-corrected chi connectivity index (χ1v) is 25.4. The van der Waals surface area contributed by atoms with Gasteiger partial charge in [-0.2, -0.15) is 0 Å². The highest BCUT2D eigenvalue weighted by atomic mass is 15.2. The van der Waals surface area contributed by atoms with E-state index < -0.39 is 0 Å². The molecule has 73 heavy (non-hydrogen) atoms. The highest BCUT2D eigenvalue weighted by Gasteiger charge is 2.41. The Balaban J connectivity index is 1.02. The van der Waals surface area contributed by atoms with E-state index in [0.717, 1.165) is 41.3 Å². The van der Waals surface area contributed by atoms with Crippen molar-refractivity contribution in [3.63, 3.8) is 0 Å². The second kappa shape index (κ2) is 18.2. The first-order valence-electron chi connectivity index (χ1n) is 25.4. The van der Waals surface area contributed by atoms with Crippen LogP contribution in [0.2, 0.25) is 0 Å². The molecule has 0 bridgehead atoms. The molecular weight excluding hydrogens is 882 g/mol. The summed E-state index contributed by atoms with van der Waals surface area (Å²) in [5.41, 5.74) is 26.0. The Hall–Kier alpha value is -9.12. The van der Waals surface area contributed by atoms with Gasteiger partial charge in [0.25, 0.3) is 0 Å². The topological polar surface area (TPSA) is 18.5 Å². The van der Waals surface area contributed by atoms with Gasteiger partial charge in [-0.1, -0.05) is 220 Å². The van der Waals surface area contributed by atoms with Crippen LogP contribution in [0.1, 0.15) is 25.0 Å². The second-order valence-electron chi connectivity index (χ2n) is 19.8. The van der Waals surface area contributed by atoms with Gasteiger partial charge in [0, 0.05) is 50.8 Å². The van der Waals surface area contributed by atoms with Crippen molar-refractivity contribution < 1.29 is 0 Å². The number of hydrogen-bond donors (Lipinski definition) is 1. The van der Waals surface area contributed by atoms with Crippen molar-refractivity contribution in [2.45, 2.75) is 19.3 Å². The summed E-state index contributed by atoms with van der Waals surface area (Å²) >= 11 is 0. The zero-order valence-corrected chi connectivity index (χ0v) is 41.0. The third kappa shape index (κ3) is 7.98. The van der Waals surface area contributed by atoms with E-state index in [9.17, 15) is 0 Å². The average Bonchev–Trinajstić information content (AvgIpc) is 3.46. The maximum absolute atomic E-state index is 4.03. The van der Waals surface area contributed by atoms with Crippen LogP contribution in [-0.4, -0.2) is 7.28 Å². The van der Waals surface area contributed by atoms with Crippen LogP contribution in [-0.2, 0) is 5.41 Å². The minimum absolute atomic E-state index is 0.158. The Morgan fingerprint density at radius 2 is 0.836 bits per heavy atom. The largest absolute Gasteiger partial charge is 0.355 e. The van der Waals surface area contributed by atoms with E-state index in [1.165, 1.54) is 89.2 Å². The number of nitrogens with one attached hydrogen (secondary N) is 1. The summed E-state index contributed by atoms with van der Waals surface area (Å²) in [6, 6.07) is 97.4. The van der Waals surface area contributed by atoms with Crippen molar-refractivity contribution in [3.05, 3.63) is 278 Å². The van der Waals surface area contributed by atoms with Gasteiger partial charge in [-0.3, -0.25) is 0 Å². The van der Waals surface area contributed by atoms with Crippen molar-refractivity contribution >= 4 is 63.7 Å². The normalized spacial score (nSPS) is 12.7. The van der Waals surface area contributed by atoms with Gasteiger partial charge in [-0.05, 0) is 133 Å². The highest BCUT2D eigenvalue weighted by Crippen LogP contribution is 2.53. The van der Waals surface area contributed by atoms with Crippen molar-refractivity contribution in [2.75, 3.05) is 15.1 Å². The Morgan fingerprint density at radius 3 is 1.40 bits per heavy atom. The minimum Gasteiger partial charge on any atom is -0.355 e. The monoisotopic (exact) mass is 933 g/mol. The Morgan fingerprint density at radius 1 is 0.370 bits per heavy atom. The average molecular weight is 934 g/mol. The summed E-state index contributed by atoms with van der Waals surface area (Å²) < 4.78 is 0. The molecule has 0 unspecified atom stereocenters. The van der Waals surface area contributed by atoms with E-state index in [-0.39, 0.29) is 5.41 Å². The molecule has 0 atom stereocenters. The van der Waals surface area contributed by atoms with E-state index >= 15 is 0 Å². The molecule has 13 rings (SSSR count). The summed E-state index contributed by atoms with van der Waals surface area (Å²) in [5.74, 6) is 0. The Bertz CT molecular complexity index is 3700.